The normalized spacial score (nSPS) is 11.6. The number of nitrogens with zero attached hydrogens (tertiary/aromatic N) is 5. The van der Waals surface area contributed by atoms with Crippen LogP contribution >= 0.6 is 15.9 Å². The lowest BCUT2D eigenvalue weighted by atomic mass is 10.1. The van der Waals surface area contributed by atoms with Crippen molar-refractivity contribution in [2.45, 2.75) is 46.8 Å². The van der Waals surface area contributed by atoms with E-state index in [1.807, 2.05) is 13.8 Å². The Morgan fingerprint density at radius 2 is 1.83 bits per heavy atom. The van der Waals surface area contributed by atoms with Gasteiger partial charge in [-0.2, -0.15) is 0 Å². The summed E-state index contributed by atoms with van der Waals surface area (Å²) in [5, 5.41) is 10.4. The van der Waals surface area contributed by atoms with Gasteiger partial charge in [0.2, 0.25) is 0 Å². The average Bonchev–Trinajstić information content (AvgIpc) is 2.82. The molecule has 186 valence electrons. The van der Waals surface area contributed by atoms with E-state index < -0.39 is 11.4 Å². The van der Waals surface area contributed by atoms with Gasteiger partial charge in [0.25, 0.3) is 5.56 Å². The molecule has 4 aromatic heterocycles. The molecule has 0 aliphatic rings. The molecule has 0 radical (unpaired) electrons. The van der Waals surface area contributed by atoms with Crippen LogP contribution in [0, 0.1) is 26.6 Å². The summed E-state index contributed by atoms with van der Waals surface area (Å²) in [4.78, 5) is 30.7. The molecule has 0 aromatic carbocycles. The lowest BCUT2D eigenvalue weighted by molar-refractivity contribution is 0.0688. The minimum atomic E-state index is -1.22. The summed E-state index contributed by atoms with van der Waals surface area (Å²) in [6.07, 6.45) is 4.79. The van der Waals surface area contributed by atoms with Crippen LogP contribution < -0.4 is 10.3 Å². The van der Waals surface area contributed by atoms with Crippen molar-refractivity contribution in [2.24, 2.45) is 0 Å². The molecule has 36 heavy (non-hydrogen) atoms. The van der Waals surface area contributed by atoms with Gasteiger partial charge in [0.05, 0.1) is 17.1 Å². The summed E-state index contributed by atoms with van der Waals surface area (Å²) in [5.74, 6) is 0.0764. The summed E-state index contributed by atoms with van der Waals surface area (Å²) in [7, 11) is 0. The van der Waals surface area contributed by atoms with E-state index in [2.05, 4.69) is 35.9 Å². The lowest BCUT2D eigenvalue weighted by Crippen LogP contribution is -2.23. The zero-order valence-electron chi connectivity index (χ0n) is 20.5. The number of aromatic nitrogens is 5. The van der Waals surface area contributed by atoms with Crippen LogP contribution in [-0.2, 0) is 12.2 Å². The Hall–Kier alpha value is -3.50. The highest BCUT2D eigenvalue weighted by Gasteiger charge is 2.22. The Morgan fingerprint density at radius 1 is 1.11 bits per heavy atom. The van der Waals surface area contributed by atoms with Gasteiger partial charge in [-0.05, 0) is 79.9 Å². The van der Waals surface area contributed by atoms with Gasteiger partial charge in [-0.25, -0.2) is 14.4 Å². The van der Waals surface area contributed by atoms with Crippen molar-refractivity contribution < 1.29 is 14.2 Å². The summed E-state index contributed by atoms with van der Waals surface area (Å²) >= 11 is 3.35. The molecule has 0 fully saturated rings. The highest BCUT2D eigenvalue weighted by atomic mass is 79.9. The van der Waals surface area contributed by atoms with E-state index in [0.29, 0.717) is 22.8 Å². The fourth-order valence-corrected chi connectivity index (χ4v) is 4.04. The van der Waals surface area contributed by atoms with E-state index in [0.717, 1.165) is 11.1 Å². The summed E-state index contributed by atoms with van der Waals surface area (Å²) in [5.41, 5.74) is 2.46. The van der Waals surface area contributed by atoms with E-state index in [9.17, 15) is 14.3 Å². The second-order valence-corrected chi connectivity index (χ2v) is 9.76. The molecular weight excluding hydrogens is 529 g/mol. The number of ether oxygens (including phenoxy) is 1. The predicted molar refractivity (Wildman–Crippen MR) is 137 cm³/mol. The molecule has 4 aromatic rings. The minimum absolute atomic E-state index is 0.122. The molecule has 0 amide bonds. The van der Waals surface area contributed by atoms with Crippen LogP contribution in [0.3, 0.4) is 0 Å². The molecule has 0 spiro atoms. The maximum Gasteiger partial charge on any atom is 0.273 e. The molecular formula is C26H25BrFN5O3. The van der Waals surface area contributed by atoms with E-state index in [1.165, 1.54) is 18.3 Å². The van der Waals surface area contributed by atoms with Gasteiger partial charge in [-0.3, -0.25) is 19.3 Å². The maximum absolute atomic E-state index is 13.9. The fraction of sp³-hybridized carbons (Fsp3) is 0.269. The highest BCUT2D eigenvalue weighted by molar-refractivity contribution is 9.10. The van der Waals surface area contributed by atoms with Crippen molar-refractivity contribution in [2.75, 3.05) is 0 Å². The van der Waals surface area contributed by atoms with Crippen LogP contribution in [0.15, 0.2) is 52.1 Å². The Labute approximate surface area is 216 Å². The molecule has 0 bridgehead atoms. The van der Waals surface area contributed by atoms with Crippen molar-refractivity contribution in [1.82, 2.24) is 24.5 Å². The van der Waals surface area contributed by atoms with E-state index in [-0.39, 0.29) is 33.9 Å². The Kier molecular flexibility index (Phi) is 7.01. The third-order valence-electron chi connectivity index (χ3n) is 5.58. The third-order valence-corrected chi connectivity index (χ3v) is 6.31. The quantitative estimate of drug-likeness (QED) is 0.368. The van der Waals surface area contributed by atoms with E-state index in [4.69, 9.17) is 4.74 Å². The summed E-state index contributed by atoms with van der Waals surface area (Å²) in [6.45, 7) is 8.60. The molecule has 0 atom stereocenters. The predicted octanol–water partition coefficient (Wildman–Crippen LogP) is 4.72. The molecule has 0 aliphatic heterocycles. The average molecular weight is 554 g/mol. The number of pyridine rings is 3. The number of rotatable bonds is 6. The summed E-state index contributed by atoms with van der Waals surface area (Å²) < 4.78 is 21.4. The first kappa shape index (κ1) is 25.6. The second kappa shape index (κ2) is 9.87. The van der Waals surface area contributed by atoms with E-state index in [1.54, 1.807) is 49.9 Å². The van der Waals surface area contributed by atoms with Gasteiger partial charge < -0.3 is 9.84 Å². The van der Waals surface area contributed by atoms with Crippen molar-refractivity contribution >= 4 is 15.9 Å². The number of halogens is 2. The number of hydrogen-bond acceptors (Lipinski definition) is 7. The minimum Gasteiger partial charge on any atom is -0.486 e. The number of aliphatic hydroxyl groups is 1. The zero-order chi connectivity index (χ0) is 26.2. The van der Waals surface area contributed by atoms with Gasteiger partial charge in [-0.15, -0.1) is 0 Å². The monoisotopic (exact) mass is 553 g/mol. The van der Waals surface area contributed by atoms with Gasteiger partial charge in [0, 0.05) is 30.4 Å². The maximum atomic E-state index is 13.9. The number of hydrogen-bond donors (Lipinski definition) is 1. The first-order valence-corrected chi connectivity index (χ1v) is 11.9. The fourth-order valence-electron chi connectivity index (χ4n) is 3.64. The van der Waals surface area contributed by atoms with Crippen LogP contribution in [0.1, 0.15) is 42.2 Å². The van der Waals surface area contributed by atoms with Crippen LogP contribution in [0.4, 0.5) is 4.39 Å². The molecule has 4 heterocycles. The van der Waals surface area contributed by atoms with Crippen LogP contribution in [0.25, 0.3) is 17.1 Å². The first-order chi connectivity index (χ1) is 17.0. The smallest absolute Gasteiger partial charge is 0.273 e. The van der Waals surface area contributed by atoms with Crippen molar-refractivity contribution in [1.29, 1.82) is 0 Å². The zero-order valence-corrected chi connectivity index (χ0v) is 22.1. The largest absolute Gasteiger partial charge is 0.486 e. The second-order valence-electron chi connectivity index (χ2n) is 8.97. The van der Waals surface area contributed by atoms with Crippen molar-refractivity contribution in [3.8, 4) is 22.8 Å². The lowest BCUT2D eigenvalue weighted by Gasteiger charge is -2.18. The number of aryl methyl sites for hydroxylation is 3. The van der Waals surface area contributed by atoms with Crippen molar-refractivity contribution in [3.63, 3.8) is 0 Å². The Morgan fingerprint density at radius 3 is 2.53 bits per heavy atom. The van der Waals surface area contributed by atoms with E-state index >= 15 is 0 Å². The van der Waals surface area contributed by atoms with Gasteiger partial charge in [-0.1, -0.05) is 0 Å². The first-order valence-electron chi connectivity index (χ1n) is 11.2. The van der Waals surface area contributed by atoms with Gasteiger partial charge >= 0.3 is 0 Å². The standard InChI is InChI=1S/C26H25BrFN5O3/c1-14-11-30-18(23-15(2)12-31-25(32-23)26(4,5)35)10-20(14)33-16(3)9-21(22(27)24(33)34)36-13-19-17(28)7-6-8-29-19/h6-12,35H,13H2,1-5H3. The Balaban J connectivity index is 1.76. The summed E-state index contributed by atoms with van der Waals surface area (Å²) in [6, 6.07) is 6.29. The van der Waals surface area contributed by atoms with Crippen LogP contribution in [0.2, 0.25) is 0 Å². The van der Waals surface area contributed by atoms with Crippen molar-refractivity contribution in [3.05, 3.63) is 91.8 Å². The molecule has 8 nitrogen and oxygen atoms in total. The molecule has 0 unspecified atom stereocenters. The molecule has 0 saturated carbocycles. The molecule has 4 rings (SSSR count). The van der Waals surface area contributed by atoms with Crippen LogP contribution in [-0.4, -0.2) is 29.6 Å². The SMILES string of the molecule is Cc1cnc(-c2nc(C(C)(C)O)ncc2C)cc1-n1c(C)cc(OCc2ncccc2F)c(Br)c1=O. The Bertz CT molecular complexity index is 1510. The third kappa shape index (κ3) is 5.05. The molecule has 0 aliphatic carbocycles. The van der Waals surface area contributed by atoms with Crippen LogP contribution in [0.5, 0.6) is 5.75 Å². The molecule has 0 saturated heterocycles. The topological polar surface area (TPSA) is 103 Å². The molecule has 1 N–H and O–H groups in total. The van der Waals surface area contributed by atoms with Gasteiger partial charge in [0.15, 0.2) is 5.82 Å². The van der Waals surface area contributed by atoms with Gasteiger partial charge in [0.1, 0.15) is 33.9 Å². The highest BCUT2D eigenvalue weighted by Crippen LogP contribution is 2.29. The molecule has 10 heteroatoms.